The first-order chi connectivity index (χ1) is 14.2. The predicted octanol–water partition coefficient (Wildman–Crippen LogP) is 5.14. The van der Waals surface area contributed by atoms with Crippen LogP contribution >= 0.6 is 24.0 Å². The lowest BCUT2D eigenvalue weighted by molar-refractivity contribution is -0.137. The smallest absolute Gasteiger partial charge is 0.416 e. The van der Waals surface area contributed by atoms with Gasteiger partial charge in [0.15, 0.2) is 15.8 Å². The molecule has 1 aliphatic rings. The first-order valence-corrected chi connectivity index (χ1v) is 9.67. The van der Waals surface area contributed by atoms with Gasteiger partial charge in [0.1, 0.15) is 0 Å². The standard InChI is InChI=1S/C20H16F3NO4S2/c1-26-14-7-11(8-15(27-2)17(14)28-3)9-16-18(25)24(19(29)30-16)13-6-4-5-12(10-13)20(21,22)23/h4-10H,1-3H3/b16-9-. The van der Waals surface area contributed by atoms with Crippen molar-refractivity contribution in [2.24, 2.45) is 0 Å². The first-order valence-electron chi connectivity index (χ1n) is 8.44. The van der Waals surface area contributed by atoms with E-state index < -0.39 is 17.6 Å². The van der Waals surface area contributed by atoms with E-state index in [2.05, 4.69) is 0 Å². The lowest BCUT2D eigenvalue weighted by Crippen LogP contribution is -2.27. The maximum absolute atomic E-state index is 13.0. The van der Waals surface area contributed by atoms with Gasteiger partial charge in [0.05, 0.1) is 37.5 Å². The van der Waals surface area contributed by atoms with E-state index in [9.17, 15) is 18.0 Å². The van der Waals surface area contributed by atoms with E-state index in [4.69, 9.17) is 26.4 Å². The van der Waals surface area contributed by atoms with Gasteiger partial charge < -0.3 is 14.2 Å². The second kappa shape index (κ2) is 8.57. The second-order valence-corrected chi connectivity index (χ2v) is 7.70. The van der Waals surface area contributed by atoms with E-state index in [-0.39, 0.29) is 14.9 Å². The normalized spacial score (nSPS) is 15.7. The number of anilines is 1. The third-order valence-corrected chi connectivity index (χ3v) is 5.51. The summed E-state index contributed by atoms with van der Waals surface area (Å²) < 4.78 is 55.1. The van der Waals surface area contributed by atoms with Crippen LogP contribution in [0.1, 0.15) is 11.1 Å². The van der Waals surface area contributed by atoms with Gasteiger partial charge in [0.25, 0.3) is 5.91 Å². The third-order valence-electron chi connectivity index (χ3n) is 4.21. The van der Waals surface area contributed by atoms with Crippen LogP contribution in [-0.2, 0) is 11.0 Å². The number of ether oxygens (including phenoxy) is 3. The summed E-state index contributed by atoms with van der Waals surface area (Å²) in [6.07, 6.45) is -2.96. The summed E-state index contributed by atoms with van der Waals surface area (Å²) in [5.41, 5.74) is -0.225. The molecule has 1 aliphatic heterocycles. The zero-order valence-electron chi connectivity index (χ0n) is 16.1. The summed E-state index contributed by atoms with van der Waals surface area (Å²) in [4.78, 5) is 14.2. The maximum atomic E-state index is 13.0. The van der Waals surface area contributed by atoms with Crippen LogP contribution in [0.15, 0.2) is 41.3 Å². The average Bonchev–Trinajstić information content (AvgIpc) is 2.99. The van der Waals surface area contributed by atoms with Gasteiger partial charge in [-0.1, -0.05) is 30.0 Å². The minimum absolute atomic E-state index is 0.0561. The first kappa shape index (κ1) is 22.0. The van der Waals surface area contributed by atoms with Gasteiger partial charge in [-0.15, -0.1) is 0 Å². The Kier molecular flexibility index (Phi) is 6.27. The summed E-state index contributed by atoms with van der Waals surface area (Å²) in [6.45, 7) is 0. The largest absolute Gasteiger partial charge is 0.493 e. The number of methoxy groups -OCH3 is 3. The molecule has 3 rings (SSSR count). The number of nitrogens with zero attached hydrogens (tertiary/aromatic N) is 1. The number of amides is 1. The van der Waals surface area contributed by atoms with E-state index in [1.165, 1.54) is 33.5 Å². The van der Waals surface area contributed by atoms with Crippen molar-refractivity contribution in [2.75, 3.05) is 26.2 Å². The van der Waals surface area contributed by atoms with Crippen LogP contribution < -0.4 is 19.1 Å². The van der Waals surface area contributed by atoms with Crippen molar-refractivity contribution in [2.45, 2.75) is 6.18 Å². The number of thiocarbonyl (C=S) groups is 1. The third kappa shape index (κ3) is 4.24. The molecular formula is C20H16F3NO4S2. The SMILES string of the molecule is COc1cc(/C=C2\SC(=S)N(c3cccc(C(F)(F)F)c3)C2=O)cc(OC)c1OC. The number of halogens is 3. The van der Waals surface area contributed by atoms with Gasteiger partial charge in [-0.3, -0.25) is 9.69 Å². The average molecular weight is 455 g/mol. The molecule has 0 saturated carbocycles. The molecule has 0 aromatic heterocycles. The van der Waals surface area contributed by atoms with E-state index >= 15 is 0 Å². The number of benzene rings is 2. The van der Waals surface area contributed by atoms with Crippen LogP contribution in [0.3, 0.4) is 0 Å². The van der Waals surface area contributed by atoms with Crippen molar-refractivity contribution in [3.63, 3.8) is 0 Å². The molecule has 1 fully saturated rings. The van der Waals surface area contributed by atoms with Crippen LogP contribution in [0.5, 0.6) is 17.2 Å². The van der Waals surface area contributed by atoms with Gasteiger partial charge >= 0.3 is 6.18 Å². The molecule has 158 valence electrons. The van der Waals surface area contributed by atoms with Gasteiger partial charge in [-0.05, 0) is 42.0 Å². The monoisotopic (exact) mass is 455 g/mol. The molecule has 0 bridgehead atoms. The van der Waals surface area contributed by atoms with Crippen LogP contribution in [-0.4, -0.2) is 31.6 Å². The molecule has 2 aromatic carbocycles. The van der Waals surface area contributed by atoms with E-state index in [0.29, 0.717) is 22.8 Å². The van der Waals surface area contributed by atoms with E-state index in [0.717, 1.165) is 28.8 Å². The van der Waals surface area contributed by atoms with Crippen molar-refractivity contribution < 1.29 is 32.2 Å². The Morgan fingerprint density at radius 1 is 1.03 bits per heavy atom. The molecule has 0 radical (unpaired) electrons. The summed E-state index contributed by atoms with van der Waals surface area (Å²) in [5.74, 6) is 0.680. The highest BCUT2D eigenvalue weighted by molar-refractivity contribution is 8.27. The van der Waals surface area contributed by atoms with Crippen molar-refractivity contribution in [3.05, 3.63) is 52.4 Å². The van der Waals surface area contributed by atoms with E-state index in [1.54, 1.807) is 18.2 Å². The molecular weight excluding hydrogens is 439 g/mol. The van der Waals surface area contributed by atoms with Gasteiger partial charge in [0, 0.05) is 0 Å². The van der Waals surface area contributed by atoms with Gasteiger partial charge in [-0.2, -0.15) is 13.2 Å². The fourth-order valence-electron chi connectivity index (χ4n) is 2.85. The molecule has 5 nitrogen and oxygen atoms in total. The molecule has 10 heteroatoms. The Labute approximate surface area is 180 Å². The summed E-state index contributed by atoms with van der Waals surface area (Å²) in [5, 5.41) is 0. The van der Waals surface area contributed by atoms with Crippen LogP contribution in [0.25, 0.3) is 6.08 Å². The number of carbonyl (C=O) groups is 1. The number of hydrogen-bond acceptors (Lipinski definition) is 6. The molecule has 1 amide bonds. The Bertz CT molecular complexity index is 1010. The topological polar surface area (TPSA) is 48.0 Å². The van der Waals surface area contributed by atoms with Crippen LogP contribution in [0.2, 0.25) is 0 Å². The van der Waals surface area contributed by atoms with Gasteiger partial charge in [0.2, 0.25) is 5.75 Å². The minimum Gasteiger partial charge on any atom is -0.493 e. The summed E-state index contributed by atoms with van der Waals surface area (Å²) in [7, 11) is 4.41. The highest BCUT2D eigenvalue weighted by atomic mass is 32.2. The van der Waals surface area contributed by atoms with Crippen molar-refractivity contribution >= 4 is 46.0 Å². The Morgan fingerprint density at radius 3 is 2.20 bits per heavy atom. The zero-order valence-corrected chi connectivity index (χ0v) is 17.7. The van der Waals surface area contributed by atoms with E-state index in [1.807, 2.05) is 0 Å². The highest BCUT2D eigenvalue weighted by Crippen LogP contribution is 2.41. The Morgan fingerprint density at radius 2 is 1.67 bits per heavy atom. The van der Waals surface area contributed by atoms with Crippen LogP contribution in [0.4, 0.5) is 18.9 Å². The molecule has 0 atom stereocenters. The minimum atomic E-state index is -4.53. The van der Waals surface area contributed by atoms with Crippen molar-refractivity contribution in [1.29, 1.82) is 0 Å². The molecule has 0 unspecified atom stereocenters. The number of thioether (sulfide) groups is 1. The Hall–Kier alpha value is -2.72. The summed E-state index contributed by atoms with van der Waals surface area (Å²) >= 11 is 6.24. The number of rotatable bonds is 5. The Balaban J connectivity index is 1.98. The predicted molar refractivity (Wildman–Crippen MR) is 113 cm³/mol. The molecule has 1 saturated heterocycles. The number of carbonyl (C=O) groups excluding carboxylic acids is 1. The lowest BCUT2D eigenvalue weighted by Gasteiger charge is -2.16. The molecule has 30 heavy (non-hydrogen) atoms. The fraction of sp³-hybridized carbons (Fsp3) is 0.200. The quantitative estimate of drug-likeness (QED) is 0.460. The molecule has 0 aliphatic carbocycles. The highest BCUT2D eigenvalue weighted by Gasteiger charge is 2.36. The summed E-state index contributed by atoms with van der Waals surface area (Å²) in [6, 6.07) is 7.78. The number of hydrogen-bond donors (Lipinski definition) is 0. The molecule has 0 spiro atoms. The molecule has 1 heterocycles. The van der Waals surface area contributed by atoms with Crippen molar-refractivity contribution in [1.82, 2.24) is 0 Å². The van der Waals surface area contributed by atoms with Gasteiger partial charge in [-0.25, -0.2) is 0 Å². The maximum Gasteiger partial charge on any atom is 0.416 e. The number of alkyl halides is 3. The van der Waals surface area contributed by atoms with Crippen LogP contribution in [0, 0.1) is 0 Å². The molecule has 0 N–H and O–H groups in total. The van der Waals surface area contributed by atoms with Crippen molar-refractivity contribution in [3.8, 4) is 17.2 Å². The fourth-order valence-corrected chi connectivity index (χ4v) is 4.15. The second-order valence-electron chi connectivity index (χ2n) is 6.02. The lowest BCUT2D eigenvalue weighted by atomic mass is 10.1. The molecule has 2 aromatic rings. The zero-order chi connectivity index (χ0) is 22.1.